The number of aromatic nitrogens is 2. The summed E-state index contributed by atoms with van der Waals surface area (Å²) >= 11 is 1.20. The lowest BCUT2D eigenvalue weighted by molar-refractivity contribution is -0.122. The molecule has 2 heterocycles. The topological polar surface area (TPSA) is 108 Å². The summed E-state index contributed by atoms with van der Waals surface area (Å²) in [4.78, 5) is 16.1. The summed E-state index contributed by atoms with van der Waals surface area (Å²) in [5, 5.41) is 19.1. The van der Waals surface area contributed by atoms with Gasteiger partial charge in [-0.05, 0) is 36.0 Å². The summed E-state index contributed by atoms with van der Waals surface area (Å²) < 4.78 is 38.5. The number of nitrogens with one attached hydrogen (secondary N) is 3. The van der Waals surface area contributed by atoms with Gasteiger partial charge in [-0.2, -0.15) is 13.2 Å². The van der Waals surface area contributed by atoms with Crippen molar-refractivity contribution in [3.05, 3.63) is 54.4 Å². The van der Waals surface area contributed by atoms with Crippen LogP contribution in [0.1, 0.15) is 18.9 Å². The van der Waals surface area contributed by atoms with Crippen LogP contribution in [0.25, 0.3) is 16.9 Å². The van der Waals surface area contributed by atoms with Gasteiger partial charge in [-0.1, -0.05) is 19.1 Å². The molecular formula is C20H20F3N6OS+. The van der Waals surface area contributed by atoms with Crippen LogP contribution in [0.3, 0.4) is 0 Å². The quantitative estimate of drug-likeness (QED) is 0.355. The number of thioether (sulfide) groups is 1. The highest BCUT2D eigenvalue weighted by molar-refractivity contribution is 8.26. The molecule has 0 bridgehead atoms. The summed E-state index contributed by atoms with van der Waals surface area (Å²) in [6.45, 7) is 0.506. The summed E-state index contributed by atoms with van der Waals surface area (Å²) in [6.07, 6.45) is -0.392. The smallest absolute Gasteiger partial charge is 0.329 e. The van der Waals surface area contributed by atoms with Crippen molar-refractivity contribution in [3.63, 3.8) is 0 Å². The van der Waals surface area contributed by atoms with Crippen molar-refractivity contribution in [1.29, 1.82) is 5.41 Å². The van der Waals surface area contributed by atoms with Gasteiger partial charge in [-0.3, -0.25) is 15.2 Å². The number of hydrogen-bond donors (Lipinski definition) is 4. The molecule has 0 saturated carbocycles. The Hall–Kier alpha value is -3.34. The third-order valence-corrected chi connectivity index (χ3v) is 5.21. The van der Waals surface area contributed by atoms with Crippen molar-refractivity contribution in [1.82, 2.24) is 14.7 Å². The van der Waals surface area contributed by atoms with Gasteiger partial charge in [0.05, 0.1) is 11.9 Å². The van der Waals surface area contributed by atoms with Crippen LogP contribution in [0, 0.1) is 5.41 Å². The van der Waals surface area contributed by atoms with Crippen LogP contribution in [0.2, 0.25) is 0 Å². The molecule has 2 amide bonds. The lowest BCUT2D eigenvalue weighted by Crippen LogP contribution is -2.37. The Kier molecular flexibility index (Phi) is 6.64. The molecule has 0 spiro atoms. The molecule has 5 N–H and O–H groups in total. The van der Waals surface area contributed by atoms with E-state index < -0.39 is 18.8 Å². The molecule has 2 aromatic heterocycles. The number of halogens is 3. The molecule has 11 heteroatoms. The number of carbonyl (C=O) groups excluding carboxylic acids is 1. The largest absolute Gasteiger partial charge is 0.405 e. The molecule has 31 heavy (non-hydrogen) atoms. The van der Waals surface area contributed by atoms with E-state index in [4.69, 9.17) is 10.8 Å². The van der Waals surface area contributed by atoms with Crippen molar-refractivity contribution >= 4 is 39.2 Å². The van der Waals surface area contributed by atoms with E-state index in [9.17, 15) is 18.0 Å². The van der Waals surface area contributed by atoms with Crippen LogP contribution in [0.4, 0.5) is 23.7 Å². The zero-order chi connectivity index (χ0) is 22.6. The van der Waals surface area contributed by atoms with Gasteiger partial charge in [0.1, 0.15) is 17.2 Å². The van der Waals surface area contributed by atoms with Gasteiger partial charge in [-0.25, -0.2) is 9.78 Å². The second kappa shape index (κ2) is 9.21. The van der Waals surface area contributed by atoms with E-state index >= 15 is 0 Å². The molecular weight excluding hydrogens is 429 g/mol. The molecule has 3 aromatic rings. The maximum atomic E-state index is 12.2. The van der Waals surface area contributed by atoms with Crippen LogP contribution in [-0.2, 0) is 0 Å². The molecule has 7 nitrogen and oxygen atoms in total. The number of hydrogen-bond acceptors (Lipinski definition) is 4. The fraction of sp³-hybridized carbons (Fsp3) is 0.200. The van der Waals surface area contributed by atoms with E-state index in [-0.39, 0.29) is 0 Å². The van der Waals surface area contributed by atoms with Crippen molar-refractivity contribution < 1.29 is 23.4 Å². The minimum absolute atomic E-state index is 0.322. The maximum Gasteiger partial charge on any atom is 0.405 e. The third-order valence-electron chi connectivity index (χ3n) is 4.22. The van der Waals surface area contributed by atoms with E-state index in [2.05, 4.69) is 10.3 Å². The highest BCUT2D eigenvalue weighted by Gasteiger charge is 2.27. The third kappa shape index (κ3) is 5.85. The number of carbonyl (C=O) groups is 1. The van der Waals surface area contributed by atoms with Crippen LogP contribution in [-0.4, -0.2) is 38.2 Å². The van der Waals surface area contributed by atoms with Crippen molar-refractivity contribution in [2.75, 3.05) is 11.9 Å². The molecule has 3 rings (SSSR count). The van der Waals surface area contributed by atoms with Crippen molar-refractivity contribution in [2.24, 2.45) is 0 Å². The Bertz CT molecular complexity index is 1140. The normalized spacial score (nSPS) is 11.4. The van der Waals surface area contributed by atoms with Crippen LogP contribution >= 0.6 is 11.8 Å². The second-order valence-corrected chi connectivity index (χ2v) is 7.68. The van der Waals surface area contributed by atoms with E-state index in [0.717, 1.165) is 5.69 Å². The predicted molar refractivity (Wildman–Crippen MR) is 115 cm³/mol. The van der Waals surface area contributed by atoms with Gasteiger partial charge in [0, 0.05) is 29.4 Å². The number of pyridine rings is 1. The number of rotatable bonds is 5. The van der Waals surface area contributed by atoms with Crippen LogP contribution in [0.15, 0.2) is 48.8 Å². The fourth-order valence-electron chi connectivity index (χ4n) is 2.71. The lowest BCUT2D eigenvalue weighted by atomic mass is 10.1. The molecule has 0 saturated heterocycles. The van der Waals surface area contributed by atoms with E-state index in [1.165, 1.54) is 11.8 Å². The zero-order valence-corrected chi connectivity index (χ0v) is 17.3. The van der Waals surface area contributed by atoms with Crippen molar-refractivity contribution in [2.45, 2.75) is 19.5 Å². The molecule has 0 radical (unpaired) electrons. The number of alkyl halides is 3. The first-order valence-electron chi connectivity index (χ1n) is 9.23. The molecule has 162 valence electrons. The maximum absolute atomic E-state index is 12.2. The molecule has 0 aliphatic heterocycles. The minimum Gasteiger partial charge on any atom is -0.329 e. The first-order chi connectivity index (χ1) is 14.7. The van der Waals surface area contributed by atoms with Gasteiger partial charge in [0.2, 0.25) is 5.04 Å². The molecule has 0 unspecified atom stereocenters. The number of amides is 2. The average molecular weight is 449 g/mol. The summed E-state index contributed by atoms with van der Waals surface area (Å²) in [7, 11) is 0. The Balaban J connectivity index is 1.79. The fourth-order valence-corrected chi connectivity index (χ4v) is 3.36. The van der Waals surface area contributed by atoms with E-state index in [1.807, 2.05) is 11.3 Å². The van der Waals surface area contributed by atoms with Gasteiger partial charge in [0.25, 0.3) is 0 Å². The summed E-state index contributed by atoms with van der Waals surface area (Å²) in [5.41, 5.74) is 3.08. The highest BCUT2D eigenvalue weighted by atomic mass is 32.2. The van der Waals surface area contributed by atoms with Gasteiger partial charge in [0.15, 0.2) is 0 Å². The first kappa shape index (κ1) is 22.3. The summed E-state index contributed by atoms with van der Waals surface area (Å²) in [6, 6.07) is 9.29. The number of anilines is 1. The van der Waals surface area contributed by atoms with Crippen molar-refractivity contribution in [3.8, 4) is 11.3 Å². The predicted octanol–water partition coefficient (Wildman–Crippen LogP) is 3.31. The molecule has 0 aliphatic carbocycles. The highest BCUT2D eigenvalue weighted by Crippen LogP contribution is 2.25. The molecule has 0 aliphatic rings. The molecule has 0 atom stereocenters. The van der Waals surface area contributed by atoms with Crippen LogP contribution in [0.5, 0.6) is 0 Å². The SMILES string of the molecule is CCC(=[NH2+])SC(=N)c1ccn2c(-c3cccc(NC(=O)NCC(F)(F)F)c3)cnc2c1. The Morgan fingerprint density at radius 3 is 2.77 bits per heavy atom. The Morgan fingerprint density at radius 1 is 1.29 bits per heavy atom. The summed E-state index contributed by atoms with van der Waals surface area (Å²) in [5.74, 6) is 0. The number of nitrogens with zero attached hydrogens (tertiary/aromatic N) is 2. The number of benzene rings is 1. The van der Waals surface area contributed by atoms with Crippen LogP contribution < -0.4 is 16.0 Å². The molecule has 1 aromatic carbocycles. The standard InChI is InChI=1S/C20H19F3N6OS/c1-2-16(24)31-18(25)13-6-7-29-15(10-26-17(29)9-13)12-4-3-5-14(8-12)28-19(30)27-11-20(21,22)23/h3-10,24-25H,2,11H2,1H3,(H2,27,28,30)/p+1. The lowest BCUT2D eigenvalue weighted by Gasteiger charge is -2.11. The Labute approximate surface area is 180 Å². The first-order valence-corrected chi connectivity index (χ1v) is 10.0. The monoisotopic (exact) mass is 449 g/mol. The van der Waals surface area contributed by atoms with E-state index in [0.29, 0.717) is 39.0 Å². The number of fused-ring (bicyclic) bond motifs is 1. The van der Waals surface area contributed by atoms with Gasteiger partial charge < -0.3 is 10.6 Å². The Morgan fingerprint density at radius 2 is 2.06 bits per heavy atom. The minimum atomic E-state index is -4.48. The number of nitrogens with two attached hydrogens (primary N) is 1. The van der Waals surface area contributed by atoms with Gasteiger partial charge in [-0.15, -0.1) is 0 Å². The zero-order valence-electron chi connectivity index (χ0n) is 16.5. The number of urea groups is 1. The van der Waals surface area contributed by atoms with Gasteiger partial charge >= 0.3 is 12.2 Å². The van der Waals surface area contributed by atoms with E-state index in [1.54, 1.807) is 54.1 Å². The number of imidazole rings is 1. The second-order valence-electron chi connectivity index (χ2n) is 6.54. The average Bonchev–Trinajstić information content (AvgIpc) is 3.15. The molecule has 0 fully saturated rings.